The molecule has 0 bridgehead atoms. The molecule has 2 amide bonds. The zero-order valence-corrected chi connectivity index (χ0v) is 16.8. The lowest BCUT2D eigenvalue weighted by Crippen LogP contribution is -2.32. The van der Waals surface area contributed by atoms with Crippen LogP contribution in [-0.2, 0) is 14.3 Å². The Labute approximate surface area is 175 Å². The molecule has 0 unspecified atom stereocenters. The summed E-state index contributed by atoms with van der Waals surface area (Å²) in [5.74, 6) is -2.64. The van der Waals surface area contributed by atoms with Crippen molar-refractivity contribution in [1.29, 1.82) is 0 Å². The maximum atomic E-state index is 13.4. The predicted molar refractivity (Wildman–Crippen MR) is 107 cm³/mol. The van der Waals surface area contributed by atoms with Gasteiger partial charge in [-0.2, -0.15) is 0 Å². The van der Waals surface area contributed by atoms with Gasteiger partial charge in [-0.05, 0) is 56.3 Å². The number of imide groups is 1. The van der Waals surface area contributed by atoms with Crippen LogP contribution in [0.2, 0.25) is 5.02 Å². The Morgan fingerprint density at radius 3 is 2.31 bits per heavy atom. The lowest BCUT2D eigenvalue weighted by atomic mass is 10.2. The third kappa shape index (κ3) is 4.26. The third-order valence-corrected chi connectivity index (χ3v) is 4.56. The van der Waals surface area contributed by atoms with E-state index >= 15 is 0 Å². The van der Waals surface area contributed by atoms with Crippen LogP contribution in [0, 0.1) is 5.82 Å². The summed E-state index contributed by atoms with van der Waals surface area (Å²) in [5, 5.41) is 2.23. The molecule has 0 fully saturated rings. The van der Waals surface area contributed by atoms with Crippen LogP contribution in [0.1, 0.15) is 24.2 Å². The van der Waals surface area contributed by atoms with E-state index in [0.717, 1.165) is 17.0 Å². The minimum absolute atomic E-state index is 0.0909. The monoisotopic (exact) mass is 436 g/mol. The second kappa shape index (κ2) is 8.23. The highest BCUT2D eigenvalue weighted by Gasteiger charge is 2.39. The highest BCUT2D eigenvalue weighted by atomic mass is 35.5. The van der Waals surface area contributed by atoms with Crippen molar-refractivity contribution in [3.63, 3.8) is 0 Å². The number of nitrogens with zero attached hydrogens (tertiary/aromatic N) is 1. The van der Waals surface area contributed by atoms with E-state index < -0.39 is 23.6 Å². The molecular weight excluding hydrogens is 422 g/mol. The summed E-state index contributed by atoms with van der Waals surface area (Å²) in [5.41, 5.74) is 0.711. The van der Waals surface area contributed by atoms with E-state index in [2.05, 4.69) is 5.32 Å². The molecule has 6 nitrogen and oxygen atoms in total. The first-order chi connectivity index (χ1) is 13.7. The Balaban J connectivity index is 1.80. The van der Waals surface area contributed by atoms with Crippen molar-refractivity contribution >= 4 is 52.4 Å². The van der Waals surface area contributed by atoms with Gasteiger partial charge in [-0.3, -0.25) is 9.59 Å². The van der Waals surface area contributed by atoms with E-state index in [1.165, 1.54) is 18.2 Å². The number of ether oxygens (including phenoxy) is 1. The van der Waals surface area contributed by atoms with Gasteiger partial charge in [-0.15, -0.1) is 0 Å². The smallest absolute Gasteiger partial charge is 0.338 e. The Hall–Kier alpha value is -2.90. The number of benzene rings is 2. The normalized spacial score (nSPS) is 14.1. The highest BCUT2D eigenvalue weighted by Crippen LogP contribution is 2.32. The topological polar surface area (TPSA) is 75.7 Å². The van der Waals surface area contributed by atoms with E-state index in [-0.39, 0.29) is 27.5 Å². The largest absolute Gasteiger partial charge is 0.459 e. The van der Waals surface area contributed by atoms with E-state index in [9.17, 15) is 18.8 Å². The molecule has 3 rings (SSSR count). The average Bonchev–Trinajstić information content (AvgIpc) is 2.87. The van der Waals surface area contributed by atoms with Crippen LogP contribution in [0.25, 0.3) is 0 Å². The van der Waals surface area contributed by atoms with Gasteiger partial charge in [0.15, 0.2) is 0 Å². The summed E-state index contributed by atoms with van der Waals surface area (Å²) in [4.78, 5) is 37.8. The molecule has 1 aliphatic rings. The first kappa shape index (κ1) is 20.8. The number of carbonyl (C=O) groups is 3. The number of hydrogen-bond acceptors (Lipinski definition) is 5. The Bertz CT molecular complexity index is 1040. The van der Waals surface area contributed by atoms with Gasteiger partial charge < -0.3 is 10.1 Å². The van der Waals surface area contributed by atoms with Crippen molar-refractivity contribution in [2.45, 2.75) is 20.0 Å². The van der Waals surface area contributed by atoms with Gasteiger partial charge in [0.1, 0.15) is 16.5 Å². The minimum atomic E-state index is -0.765. The zero-order chi connectivity index (χ0) is 21.3. The van der Waals surface area contributed by atoms with Gasteiger partial charge in [0.05, 0.1) is 22.4 Å². The molecule has 1 heterocycles. The van der Waals surface area contributed by atoms with Crippen LogP contribution in [0.3, 0.4) is 0 Å². The fraction of sp³-hybridized carbons (Fsp3) is 0.150. The Morgan fingerprint density at radius 2 is 1.72 bits per heavy atom. The highest BCUT2D eigenvalue weighted by molar-refractivity contribution is 6.53. The van der Waals surface area contributed by atoms with Crippen molar-refractivity contribution in [3.05, 3.63) is 69.6 Å². The molecule has 150 valence electrons. The lowest BCUT2D eigenvalue weighted by Gasteiger charge is -2.15. The molecule has 2 aromatic carbocycles. The van der Waals surface area contributed by atoms with Crippen LogP contribution < -0.4 is 10.2 Å². The van der Waals surface area contributed by atoms with E-state index in [4.69, 9.17) is 27.9 Å². The number of carbonyl (C=O) groups excluding carboxylic acids is 3. The SMILES string of the molecule is CC(C)OC(=O)c1ccc(NC2=C(Cl)C(=O)N(c3ccc(F)c(Cl)c3)C2=O)cc1. The van der Waals surface area contributed by atoms with E-state index in [0.29, 0.717) is 11.3 Å². The molecule has 29 heavy (non-hydrogen) atoms. The summed E-state index contributed by atoms with van der Waals surface area (Å²) in [7, 11) is 0. The van der Waals surface area contributed by atoms with Crippen molar-refractivity contribution in [1.82, 2.24) is 0 Å². The van der Waals surface area contributed by atoms with E-state index in [1.807, 2.05) is 0 Å². The maximum absolute atomic E-state index is 13.4. The van der Waals surface area contributed by atoms with Crippen LogP contribution in [-0.4, -0.2) is 23.9 Å². The van der Waals surface area contributed by atoms with Crippen LogP contribution in [0.15, 0.2) is 53.2 Å². The first-order valence-electron chi connectivity index (χ1n) is 8.50. The standard InChI is InChI=1S/C20H15Cl2FN2O4/c1-10(2)29-20(28)11-3-5-12(6-4-11)24-17-16(22)18(26)25(19(17)27)13-7-8-15(23)14(21)9-13/h3-10,24H,1-2H3. The second-order valence-electron chi connectivity index (χ2n) is 6.39. The summed E-state index contributed by atoms with van der Waals surface area (Å²) >= 11 is 11.8. The average molecular weight is 437 g/mol. The number of amides is 2. The summed E-state index contributed by atoms with van der Waals surface area (Å²) in [6, 6.07) is 9.58. The molecule has 0 saturated heterocycles. The molecule has 0 aliphatic carbocycles. The number of anilines is 2. The van der Waals surface area contributed by atoms with Crippen molar-refractivity contribution in [2.75, 3.05) is 10.2 Å². The summed E-state index contributed by atoms with van der Waals surface area (Å²) in [6.07, 6.45) is -0.252. The van der Waals surface area contributed by atoms with Crippen LogP contribution >= 0.6 is 23.2 Å². The molecular formula is C20H15Cl2FN2O4. The molecule has 9 heteroatoms. The second-order valence-corrected chi connectivity index (χ2v) is 7.17. The molecule has 0 spiro atoms. The number of esters is 1. The fourth-order valence-corrected chi connectivity index (χ4v) is 2.97. The minimum Gasteiger partial charge on any atom is -0.459 e. The maximum Gasteiger partial charge on any atom is 0.338 e. The van der Waals surface area contributed by atoms with Gasteiger partial charge in [-0.25, -0.2) is 14.1 Å². The van der Waals surface area contributed by atoms with Crippen LogP contribution in [0.4, 0.5) is 15.8 Å². The zero-order valence-electron chi connectivity index (χ0n) is 15.3. The third-order valence-electron chi connectivity index (χ3n) is 3.92. The first-order valence-corrected chi connectivity index (χ1v) is 9.26. The van der Waals surface area contributed by atoms with Gasteiger partial charge in [-0.1, -0.05) is 23.2 Å². The number of halogens is 3. The molecule has 1 aliphatic heterocycles. The fourth-order valence-electron chi connectivity index (χ4n) is 2.59. The van der Waals surface area contributed by atoms with Gasteiger partial charge in [0.25, 0.3) is 11.8 Å². The number of nitrogens with one attached hydrogen (secondary N) is 1. The quantitative estimate of drug-likeness (QED) is 0.552. The lowest BCUT2D eigenvalue weighted by molar-refractivity contribution is -0.120. The predicted octanol–water partition coefficient (Wildman–Crippen LogP) is 4.48. The van der Waals surface area contributed by atoms with Crippen LogP contribution in [0.5, 0.6) is 0 Å². The van der Waals surface area contributed by atoms with Crippen molar-refractivity contribution < 1.29 is 23.5 Å². The molecule has 1 N–H and O–H groups in total. The molecule has 2 aromatic rings. The van der Waals surface area contributed by atoms with Crippen molar-refractivity contribution in [2.24, 2.45) is 0 Å². The molecule has 0 saturated carbocycles. The van der Waals surface area contributed by atoms with Gasteiger partial charge in [0, 0.05) is 5.69 Å². The molecule has 0 radical (unpaired) electrons. The Morgan fingerprint density at radius 1 is 1.07 bits per heavy atom. The molecule has 0 atom stereocenters. The van der Waals surface area contributed by atoms with Gasteiger partial charge >= 0.3 is 5.97 Å². The van der Waals surface area contributed by atoms with Gasteiger partial charge in [0.2, 0.25) is 0 Å². The molecule has 0 aromatic heterocycles. The number of hydrogen-bond donors (Lipinski definition) is 1. The summed E-state index contributed by atoms with van der Waals surface area (Å²) in [6.45, 7) is 3.48. The Kier molecular flexibility index (Phi) is 5.91. The van der Waals surface area contributed by atoms with Crippen molar-refractivity contribution in [3.8, 4) is 0 Å². The summed E-state index contributed by atoms with van der Waals surface area (Å²) < 4.78 is 18.5. The van der Waals surface area contributed by atoms with E-state index in [1.54, 1.807) is 26.0 Å². The number of rotatable bonds is 5.